The number of aliphatic hydroxyl groups excluding tert-OH is 1. The first-order chi connectivity index (χ1) is 9.58. The van der Waals surface area contributed by atoms with E-state index in [0.29, 0.717) is 0 Å². The predicted molar refractivity (Wildman–Crippen MR) is 88.0 cm³/mol. The molecule has 2 aromatic rings. The first kappa shape index (κ1) is 15.7. The number of hydrogen-bond donors (Lipinski definition) is 1. The first-order valence-electron chi connectivity index (χ1n) is 6.65. The van der Waals surface area contributed by atoms with E-state index in [2.05, 4.69) is 49.9 Å². The Morgan fingerprint density at radius 2 is 2.00 bits per heavy atom. The van der Waals surface area contributed by atoms with Crippen molar-refractivity contribution in [2.24, 2.45) is 0 Å². The van der Waals surface area contributed by atoms with E-state index < -0.39 is 0 Å². The number of rotatable bonds is 5. The van der Waals surface area contributed by atoms with Crippen LogP contribution in [0.25, 0.3) is 0 Å². The maximum atomic E-state index is 9.76. The fourth-order valence-corrected chi connectivity index (χ4v) is 3.43. The van der Waals surface area contributed by atoms with E-state index in [4.69, 9.17) is 0 Å². The van der Waals surface area contributed by atoms with Crippen molar-refractivity contribution in [2.75, 3.05) is 6.61 Å². The Balaban J connectivity index is 2.34. The minimum absolute atomic E-state index is 0.0586. The highest BCUT2D eigenvalue weighted by molar-refractivity contribution is 9.10. The molecule has 1 unspecified atom stereocenters. The molecule has 2 rings (SSSR count). The SMILES string of the molecule is CCn1nc(C)c(Br)c1CC(CO)c1ccccc1Br. The number of benzene rings is 1. The number of halogens is 2. The molecular weight excluding hydrogens is 384 g/mol. The molecule has 1 atom stereocenters. The van der Waals surface area contributed by atoms with Crippen LogP contribution in [-0.2, 0) is 13.0 Å². The lowest BCUT2D eigenvalue weighted by molar-refractivity contribution is 0.262. The lowest BCUT2D eigenvalue weighted by atomic mass is 9.95. The van der Waals surface area contributed by atoms with Gasteiger partial charge in [-0.2, -0.15) is 5.10 Å². The molecule has 1 heterocycles. The normalized spacial score (nSPS) is 12.7. The lowest BCUT2D eigenvalue weighted by Gasteiger charge is -2.17. The van der Waals surface area contributed by atoms with Crippen LogP contribution in [0.4, 0.5) is 0 Å². The molecule has 1 aromatic carbocycles. The summed E-state index contributed by atoms with van der Waals surface area (Å²) in [6.07, 6.45) is 0.758. The Morgan fingerprint density at radius 1 is 1.30 bits per heavy atom. The number of aromatic nitrogens is 2. The van der Waals surface area contributed by atoms with Crippen molar-refractivity contribution in [3.63, 3.8) is 0 Å². The lowest BCUT2D eigenvalue weighted by Crippen LogP contribution is -2.13. The Kier molecular flexibility index (Phi) is 5.41. The van der Waals surface area contributed by atoms with Crippen molar-refractivity contribution < 1.29 is 5.11 Å². The van der Waals surface area contributed by atoms with Crippen molar-refractivity contribution in [3.05, 3.63) is 50.2 Å². The topological polar surface area (TPSA) is 38.0 Å². The van der Waals surface area contributed by atoms with Crippen LogP contribution in [-0.4, -0.2) is 21.5 Å². The Hall–Kier alpha value is -0.650. The molecule has 0 fully saturated rings. The summed E-state index contributed by atoms with van der Waals surface area (Å²) >= 11 is 7.18. The van der Waals surface area contributed by atoms with Crippen LogP contribution in [0.5, 0.6) is 0 Å². The van der Waals surface area contributed by atoms with Crippen LogP contribution in [0, 0.1) is 6.92 Å². The first-order valence-corrected chi connectivity index (χ1v) is 8.24. The van der Waals surface area contributed by atoms with Gasteiger partial charge in [-0.25, -0.2) is 0 Å². The van der Waals surface area contributed by atoms with Gasteiger partial charge in [-0.3, -0.25) is 4.68 Å². The summed E-state index contributed by atoms with van der Waals surface area (Å²) in [6, 6.07) is 8.05. The zero-order valence-electron chi connectivity index (χ0n) is 11.6. The Morgan fingerprint density at radius 3 is 2.60 bits per heavy atom. The summed E-state index contributed by atoms with van der Waals surface area (Å²) in [7, 11) is 0. The van der Waals surface area contributed by atoms with E-state index in [9.17, 15) is 5.11 Å². The van der Waals surface area contributed by atoms with Crippen molar-refractivity contribution in [2.45, 2.75) is 32.7 Å². The monoisotopic (exact) mass is 400 g/mol. The summed E-state index contributed by atoms with van der Waals surface area (Å²) < 4.78 is 4.08. The van der Waals surface area contributed by atoms with Crippen LogP contribution in [0.3, 0.4) is 0 Å². The quantitative estimate of drug-likeness (QED) is 0.820. The summed E-state index contributed by atoms with van der Waals surface area (Å²) in [5.41, 5.74) is 3.26. The molecule has 108 valence electrons. The zero-order chi connectivity index (χ0) is 14.7. The van der Waals surface area contributed by atoms with Crippen molar-refractivity contribution in [1.82, 2.24) is 9.78 Å². The minimum Gasteiger partial charge on any atom is -0.396 e. The fraction of sp³-hybridized carbons (Fsp3) is 0.400. The van der Waals surface area contributed by atoms with Crippen LogP contribution in [0.15, 0.2) is 33.2 Å². The van der Waals surface area contributed by atoms with Gasteiger partial charge in [0.2, 0.25) is 0 Å². The van der Waals surface area contributed by atoms with Crippen LogP contribution in [0.2, 0.25) is 0 Å². The van der Waals surface area contributed by atoms with E-state index in [1.165, 1.54) is 0 Å². The van der Waals surface area contributed by atoms with Gasteiger partial charge in [0.25, 0.3) is 0 Å². The third-order valence-electron chi connectivity index (χ3n) is 3.46. The molecule has 5 heteroatoms. The molecule has 0 aliphatic carbocycles. The smallest absolute Gasteiger partial charge is 0.0738 e. The molecule has 0 radical (unpaired) electrons. The van der Waals surface area contributed by atoms with Crippen molar-refractivity contribution in [3.8, 4) is 0 Å². The summed E-state index contributed by atoms with van der Waals surface area (Å²) in [6.45, 7) is 5.01. The van der Waals surface area contributed by atoms with E-state index in [1.54, 1.807) is 0 Å². The third kappa shape index (κ3) is 3.15. The molecule has 0 saturated heterocycles. The fourth-order valence-electron chi connectivity index (χ4n) is 2.38. The number of nitrogens with zero attached hydrogens (tertiary/aromatic N) is 2. The molecule has 0 amide bonds. The minimum atomic E-state index is 0.0586. The molecule has 20 heavy (non-hydrogen) atoms. The van der Waals surface area contributed by atoms with E-state index >= 15 is 0 Å². The second-order valence-electron chi connectivity index (χ2n) is 4.77. The molecule has 0 bridgehead atoms. The van der Waals surface area contributed by atoms with E-state index in [-0.39, 0.29) is 12.5 Å². The summed E-state index contributed by atoms with van der Waals surface area (Å²) in [5.74, 6) is 0.0586. The highest BCUT2D eigenvalue weighted by Gasteiger charge is 2.20. The van der Waals surface area contributed by atoms with Crippen LogP contribution in [0.1, 0.15) is 29.8 Å². The second kappa shape index (κ2) is 6.87. The van der Waals surface area contributed by atoms with Gasteiger partial charge in [-0.05, 0) is 47.8 Å². The van der Waals surface area contributed by atoms with Gasteiger partial charge in [-0.1, -0.05) is 34.1 Å². The maximum Gasteiger partial charge on any atom is 0.0738 e. The largest absolute Gasteiger partial charge is 0.396 e. The summed E-state index contributed by atoms with van der Waals surface area (Å²) in [4.78, 5) is 0. The summed E-state index contributed by atoms with van der Waals surface area (Å²) in [5, 5.41) is 14.3. The van der Waals surface area contributed by atoms with Gasteiger partial charge in [0.15, 0.2) is 0 Å². The predicted octanol–water partition coefficient (Wildman–Crippen LogP) is 4.06. The average Bonchev–Trinajstić information content (AvgIpc) is 2.73. The molecule has 0 aliphatic heterocycles. The van der Waals surface area contributed by atoms with Gasteiger partial charge >= 0.3 is 0 Å². The van der Waals surface area contributed by atoms with E-state index in [1.807, 2.05) is 29.8 Å². The molecule has 1 aromatic heterocycles. The van der Waals surface area contributed by atoms with Gasteiger partial charge in [0.05, 0.1) is 22.5 Å². The molecule has 0 saturated carbocycles. The molecule has 1 N–H and O–H groups in total. The van der Waals surface area contributed by atoms with Gasteiger partial charge in [-0.15, -0.1) is 0 Å². The highest BCUT2D eigenvalue weighted by Crippen LogP contribution is 2.31. The van der Waals surface area contributed by atoms with Crippen LogP contribution < -0.4 is 0 Å². The highest BCUT2D eigenvalue weighted by atomic mass is 79.9. The van der Waals surface area contributed by atoms with Crippen molar-refractivity contribution >= 4 is 31.9 Å². The number of aliphatic hydroxyl groups is 1. The zero-order valence-corrected chi connectivity index (χ0v) is 14.8. The van der Waals surface area contributed by atoms with Crippen molar-refractivity contribution in [1.29, 1.82) is 0 Å². The Labute approximate surface area is 136 Å². The molecular formula is C15H18Br2N2O. The number of hydrogen-bond acceptors (Lipinski definition) is 2. The molecule has 0 aliphatic rings. The van der Waals surface area contributed by atoms with E-state index in [0.717, 1.165) is 38.9 Å². The standard InChI is InChI=1S/C15H18Br2N2O/c1-3-19-14(15(17)10(2)18-19)8-11(9-20)12-6-4-5-7-13(12)16/h4-7,11,20H,3,8-9H2,1-2H3. The maximum absolute atomic E-state index is 9.76. The van der Waals surface area contributed by atoms with Gasteiger partial charge < -0.3 is 5.11 Å². The molecule has 0 spiro atoms. The van der Waals surface area contributed by atoms with Crippen LogP contribution >= 0.6 is 31.9 Å². The Bertz CT molecular complexity index is 596. The van der Waals surface area contributed by atoms with Gasteiger partial charge in [0, 0.05) is 16.9 Å². The number of aryl methyl sites for hydroxylation is 2. The third-order valence-corrected chi connectivity index (χ3v) is 5.21. The van der Waals surface area contributed by atoms with Gasteiger partial charge in [0.1, 0.15) is 0 Å². The average molecular weight is 402 g/mol. The molecule has 3 nitrogen and oxygen atoms in total. The second-order valence-corrected chi connectivity index (χ2v) is 6.41.